The number of phenols is 1. The minimum atomic E-state index is -3.93. The van der Waals surface area contributed by atoms with Gasteiger partial charge in [-0.3, -0.25) is 9.54 Å². The lowest BCUT2D eigenvalue weighted by molar-refractivity contribution is 0.475. The molecular formula is C16H17NO4S. The first-order chi connectivity index (χ1) is 10.4. The van der Waals surface area contributed by atoms with Crippen molar-refractivity contribution in [3.8, 4) is 5.75 Å². The fourth-order valence-electron chi connectivity index (χ4n) is 2.03. The molecule has 0 radical (unpaired) electrons. The van der Waals surface area contributed by atoms with Gasteiger partial charge in [-0.2, -0.15) is 8.42 Å². The highest BCUT2D eigenvalue weighted by molar-refractivity contribution is 7.85. The Balaban J connectivity index is 2.09. The Morgan fingerprint density at radius 2 is 1.82 bits per heavy atom. The molecule has 0 fully saturated rings. The summed E-state index contributed by atoms with van der Waals surface area (Å²) in [6.45, 7) is 0. The number of hydrogen-bond acceptors (Lipinski definition) is 4. The molecule has 0 spiro atoms. The first kappa shape index (κ1) is 16.2. The van der Waals surface area contributed by atoms with Gasteiger partial charge in [-0.15, -0.1) is 0 Å². The van der Waals surface area contributed by atoms with Gasteiger partial charge in [0.25, 0.3) is 10.1 Å². The van der Waals surface area contributed by atoms with E-state index >= 15 is 0 Å². The summed E-state index contributed by atoms with van der Waals surface area (Å²) >= 11 is 0. The standard InChI is InChI=1S/C16H17NO4S/c18-16-7-4-13(5-8-16)3-6-14-9-10-17-12-15(14)2-1-11-22(19,20)21/h3-10,12,18H,1-2,11H2,(H,19,20,21). The average molecular weight is 319 g/mol. The molecule has 0 atom stereocenters. The molecule has 2 rings (SSSR count). The van der Waals surface area contributed by atoms with Gasteiger partial charge in [0.1, 0.15) is 5.75 Å². The number of rotatable bonds is 6. The maximum absolute atomic E-state index is 10.8. The predicted octanol–water partition coefficient (Wildman–Crippen LogP) is 2.78. The molecule has 1 aromatic carbocycles. The zero-order valence-electron chi connectivity index (χ0n) is 11.9. The summed E-state index contributed by atoms with van der Waals surface area (Å²) in [6.07, 6.45) is 8.04. The van der Waals surface area contributed by atoms with Crippen LogP contribution in [0.4, 0.5) is 0 Å². The summed E-state index contributed by atoms with van der Waals surface area (Å²) in [6, 6.07) is 8.66. The lowest BCUT2D eigenvalue weighted by atomic mass is 10.0. The van der Waals surface area contributed by atoms with E-state index in [-0.39, 0.29) is 11.5 Å². The Morgan fingerprint density at radius 3 is 2.50 bits per heavy atom. The molecule has 0 amide bonds. The number of hydrogen-bond donors (Lipinski definition) is 2. The third-order valence-corrected chi connectivity index (χ3v) is 3.94. The monoisotopic (exact) mass is 319 g/mol. The Bertz CT molecular complexity index is 752. The van der Waals surface area contributed by atoms with Crippen LogP contribution in [0.2, 0.25) is 0 Å². The topological polar surface area (TPSA) is 87.5 Å². The second-order valence-corrected chi connectivity index (χ2v) is 6.46. The van der Waals surface area contributed by atoms with Crippen molar-refractivity contribution in [3.05, 3.63) is 59.4 Å². The molecule has 0 saturated carbocycles. The van der Waals surface area contributed by atoms with Crippen molar-refractivity contribution in [2.75, 3.05) is 5.75 Å². The molecule has 5 nitrogen and oxygen atoms in total. The lowest BCUT2D eigenvalue weighted by Gasteiger charge is -2.04. The highest BCUT2D eigenvalue weighted by atomic mass is 32.2. The third kappa shape index (κ3) is 5.31. The third-order valence-electron chi connectivity index (χ3n) is 3.14. The number of aryl methyl sites for hydroxylation is 1. The van der Waals surface area contributed by atoms with Crippen molar-refractivity contribution in [3.63, 3.8) is 0 Å². The van der Waals surface area contributed by atoms with Crippen LogP contribution >= 0.6 is 0 Å². The van der Waals surface area contributed by atoms with E-state index in [9.17, 15) is 13.5 Å². The zero-order valence-corrected chi connectivity index (χ0v) is 12.7. The number of nitrogens with zero attached hydrogens (tertiary/aromatic N) is 1. The summed E-state index contributed by atoms with van der Waals surface area (Å²) in [5.41, 5.74) is 2.80. The molecule has 0 aliphatic carbocycles. The first-order valence-electron chi connectivity index (χ1n) is 6.79. The average Bonchev–Trinajstić information content (AvgIpc) is 2.46. The van der Waals surface area contributed by atoms with Crippen molar-refractivity contribution in [2.24, 2.45) is 0 Å². The van der Waals surface area contributed by atoms with Gasteiger partial charge in [-0.25, -0.2) is 0 Å². The fraction of sp³-hybridized carbons (Fsp3) is 0.188. The highest BCUT2D eigenvalue weighted by Crippen LogP contribution is 2.16. The van der Waals surface area contributed by atoms with Crippen LogP contribution in [0.5, 0.6) is 5.75 Å². The first-order valence-corrected chi connectivity index (χ1v) is 8.40. The molecule has 0 unspecified atom stereocenters. The SMILES string of the molecule is O=S(=O)(O)CCCc1cnccc1C=Cc1ccc(O)cc1. The molecule has 1 aromatic heterocycles. The van der Waals surface area contributed by atoms with E-state index in [1.54, 1.807) is 36.7 Å². The van der Waals surface area contributed by atoms with Crippen LogP contribution in [-0.2, 0) is 16.5 Å². The van der Waals surface area contributed by atoms with E-state index in [1.807, 2.05) is 18.2 Å². The van der Waals surface area contributed by atoms with Gasteiger partial charge >= 0.3 is 0 Å². The summed E-state index contributed by atoms with van der Waals surface area (Å²) in [5.74, 6) is -0.0461. The zero-order chi connectivity index (χ0) is 16.0. The molecular weight excluding hydrogens is 302 g/mol. The molecule has 2 N–H and O–H groups in total. The minimum Gasteiger partial charge on any atom is -0.508 e. The fourth-order valence-corrected chi connectivity index (χ4v) is 2.53. The van der Waals surface area contributed by atoms with E-state index in [0.717, 1.165) is 16.7 Å². The summed E-state index contributed by atoms with van der Waals surface area (Å²) in [4.78, 5) is 4.05. The minimum absolute atomic E-state index is 0.215. The van der Waals surface area contributed by atoms with Gasteiger partial charge < -0.3 is 5.11 Å². The van der Waals surface area contributed by atoms with Gasteiger partial charge in [-0.1, -0.05) is 24.3 Å². The summed E-state index contributed by atoms with van der Waals surface area (Å²) < 4.78 is 30.3. The van der Waals surface area contributed by atoms with Crippen LogP contribution in [-0.4, -0.2) is 28.8 Å². The highest BCUT2D eigenvalue weighted by Gasteiger charge is 2.06. The van der Waals surface area contributed by atoms with Crippen LogP contribution < -0.4 is 0 Å². The normalized spacial score (nSPS) is 11.9. The number of pyridine rings is 1. The largest absolute Gasteiger partial charge is 0.508 e. The van der Waals surface area contributed by atoms with Crippen molar-refractivity contribution < 1.29 is 18.1 Å². The predicted molar refractivity (Wildman–Crippen MR) is 86.0 cm³/mol. The van der Waals surface area contributed by atoms with E-state index in [1.165, 1.54) is 0 Å². The van der Waals surface area contributed by atoms with Crippen LogP contribution in [0.3, 0.4) is 0 Å². The van der Waals surface area contributed by atoms with E-state index in [2.05, 4.69) is 4.98 Å². The van der Waals surface area contributed by atoms with Gasteiger partial charge in [0.05, 0.1) is 5.75 Å². The maximum Gasteiger partial charge on any atom is 0.264 e. The summed E-state index contributed by atoms with van der Waals surface area (Å²) in [7, 11) is -3.93. The molecule has 116 valence electrons. The second-order valence-electron chi connectivity index (χ2n) is 4.89. The molecule has 1 heterocycles. The quantitative estimate of drug-likeness (QED) is 0.799. The Labute approximate surface area is 129 Å². The van der Waals surface area contributed by atoms with E-state index in [4.69, 9.17) is 4.55 Å². The Hall–Kier alpha value is -2.18. The molecule has 22 heavy (non-hydrogen) atoms. The van der Waals surface area contributed by atoms with Gasteiger partial charge in [-0.05, 0) is 47.7 Å². The maximum atomic E-state index is 10.8. The summed E-state index contributed by atoms with van der Waals surface area (Å²) in [5, 5.41) is 9.25. The number of phenolic OH excluding ortho intramolecular Hbond substituents is 1. The molecule has 2 aromatic rings. The van der Waals surface area contributed by atoms with Crippen molar-refractivity contribution in [1.29, 1.82) is 0 Å². The Morgan fingerprint density at radius 1 is 1.09 bits per heavy atom. The second kappa shape index (κ2) is 7.20. The lowest BCUT2D eigenvalue weighted by Crippen LogP contribution is -2.05. The van der Waals surface area contributed by atoms with Gasteiger partial charge in [0, 0.05) is 12.4 Å². The van der Waals surface area contributed by atoms with Crippen molar-refractivity contribution >= 4 is 22.3 Å². The van der Waals surface area contributed by atoms with Crippen LogP contribution in [0.25, 0.3) is 12.2 Å². The van der Waals surface area contributed by atoms with Gasteiger partial charge in [0.2, 0.25) is 0 Å². The van der Waals surface area contributed by atoms with Crippen LogP contribution in [0, 0.1) is 0 Å². The Kier molecular flexibility index (Phi) is 5.30. The number of aromatic hydroxyl groups is 1. The number of aromatic nitrogens is 1. The van der Waals surface area contributed by atoms with Crippen molar-refractivity contribution in [1.82, 2.24) is 4.98 Å². The molecule has 0 saturated heterocycles. The molecule has 6 heteroatoms. The number of benzene rings is 1. The molecule has 0 aliphatic heterocycles. The van der Waals surface area contributed by atoms with Crippen LogP contribution in [0.1, 0.15) is 23.1 Å². The van der Waals surface area contributed by atoms with E-state index < -0.39 is 10.1 Å². The van der Waals surface area contributed by atoms with Crippen LogP contribution in [0.15, 0.2) is 42.7 Å². The van der Waals surface area contributed by atoms with Gasteiger partial charge in [0.15, 0.2) is 0 Å². The van der Waals surface area contributed by atoms with Crippen molar-refractivity contribution in [2.45, 2.75) is 12.8 Å². The van der Waals surface area contributed by atoms with E-state index in [0.29, 0.717) is 12.8 Å². The smallest absolute Gasteiger partial charge is 0.264 e. The molecule has 0 bridgehead atoms. The molecule has 0 aliphatic rings.